The summed E-state index contributed by atoms with van der Waals surface area (Å²) in [6, 6.07) is 7.61. The van der Waals surface area contributed by atoms with Gasteiger partial charge in [-0.15, -0.1) is 0 Å². The third-order valence-electron chi connectivity index (χ3n) is 3.12. The van der Waals surface area contributed by atoms with Crippen molar-refractivity contribution in [3.05, 3.63) is 35.4 Å². The molecule has 2 rings (SSSR count). The number of hydrogen-bond acceptors (Lipinski definition) is 5. The molecule has 6 heteroatoms. The summed E-state index contributed by atoms with van der Waals surface area (Å²) in [7, 11) is 0. The van der Waals surface area contributed by atoms with Crippen molar-refractivity contribution in [3.8, 4) is 0 Å². The number of aryl methyl sites for hydroxylation is 1. The summed E-state index contributed by atoms with van der Waals surface area (Å²) in [5.41, 5.74) is 1.90. The van der Waals surface area contributed by atoms with Crippen molar-refractivity contribution in [2.45, 2.75) is 37.8 Å². The summed E-state index contributed by atoms with van der Waals surface area (Å²) < 4.78 is 5.60. The van der Waals surface area contributed by atoms with E-state index in [1.807, 2.05) is 31.2 Å². The molecule has 1 aliphatic rings. The molecule has 1 aliphatic heterocycles. The van der Waals surface area contributed by atoms with Gasteiger partial charge in [-0.05, 0) is 12.5 Å². The first kappa shape index (κ1) is 16.6. The zero-order chi connectivity index (χ0) is 15.1. The lowest BCUT2D eigenvalue weighted by Gasteiger charge is -2.36. The fourth-order valence-corrected chi connectivity index (χ4v) is 2.19. The average molecular weight is 284 g/mol. The monoisotopic (exact) mass is 284 g/mol. The van der Waals surface area contributed by atoms with E-state index in [4.69, 9.17) is 19.7 Å². The molecule has 20 heavy (non-hydrogen) atoms. The lowest BCUT2D eigenvalue weighted by atomic mass is 9.93. The zero-order valence-electron chi connectivity index (χ0n) is 11.2. The Bertz CT molecular complexity index is 422. The molecule has 0 amide bonds. The van der Waals surface area contributed by atoms with Crippen LogP contribution in [0.5, 0.6) is 0 Å². The van der Waals surface area contributed by atoms with Gasteiger partial charge in [0.25, 0.3) is 6.47 Å². The molecular weight excluding hydrogens is 264 g/mol. The molecule has 112 valence electrons. The van der Waals surface area contributed by atoms with Crippen LogP contribution in [0, 0.1) is 6.92 Å². The van der Waals surface area contributed by atoms with Crippen molar-refractivity contribution >= 4 is 6.47 Å². The Morgan fingerprint density at radius 1 is 1.40 bits per heavy atom. The van der Waals surface area contributed by atoms with Crippen LogP contribution in [0.2, 0.25) is 0 Å². The first-order valence-corrected chi connectivity index (χ1v) is 6.30. The summed E-state index contributed by atoms with van der Waals surface area (Å²) >= 11 is 0. The van der Waals surface area contributed by atoms with E-state index in [1.54, 1.807) is 0 Å². The van der Waals surface area contributed by atoms with Crippen LogP contribution >= 0.6 is 0 Å². The number of aliphatic hydroxyl groups excluding tert-OH is 3. The van der Waals surface area contributed by atoms with Crippen LogP contribution in [0.4, 0.5) is 0 Å². The van der Waals surface area contributed by atoms with Crippen molar-refractivity contribution in [2.75, 3.05) is 6.61 Å². The number of benzene rings is 1. The molecule has 0 spiro atoms. The number of aliphatic hydroxyl groups is 3. The quantitative estimate of drug-likeness (QED) is 0.580. The van der Waals surface area contributed by atoms with Gasteiger partial charge in [0.05, 0.1) is 18.8 Å². The zero-order valence-corrected chi connectivity index (χ0v) is 11.2. The molecule has 1 aromatic rings. The molecule has 4 N–H and O–H groups in total. The maximum atomic E-state index is 9.94. The third-order valence-corrected chi connectivity index (χ3v) is 3.12. The van der Waals surface area contributed by atoms with Crippen LogP contribution in [-0.4, -0.2) is 51.8 Å². The number of carbonyl (C=O) groups is 1. The summed E-state index contributed by atoms with van der Waals surface area (Å²) in [5.74, 6) is 0. The van der Waals surface area contributed by atoms with Crippen LogP contribution in [0.3, 0.4) is 0 Å². The van der Waals surface area contributed by atoms with E-state index in [0.29, 0.717) is 0 Å². The molecule has 1 heterocycles. The highest BCUT2D eigenvalue weighted by atomic mass is 16.5. The normalized spacial score (nSPS) is 29.2. The largest absolute Gasteiger partial charge is 0.483 e. The van der Waals surface area contributed by atoms with Gasteiger partial charge in [-0.1, -0.05) is 29.8 Å². The number of hydrogen-bond donors (Lipinski definition) is 4. The summed E-state index contributed by atoms with van der Waals surface area (Å²) in [6.45, 7) is 1.56. The molecule has 0 aromatic heterocycles. The standard InChI is InChI=1S/C13H18O4.CH2O2/c1-8-3-2-4-9(5-8)13-12(16)11(15)6-10(7-14)17-13;2-1-3/h2-5,10-16H,6-7H2,1H3;1H,(H,2,3)/t10?,11?,12?,13-;/m1./s1. The third kappa shape index (κ3) is 4.28. The maximum absolute atomic E-state index is 9.94. The average Bonchev–Trinajstić information content (AvgIpc) is 2.42. The second-order valence-corrected chi connectivity index (χ2v) is 4.67. The molecule has 3 unspecified atom stereocenters. The lowest BCUT2D eigenvalue weighted by molar-refractivity contribution is -0.179. The van der Waals surface area contributed by atoms with Gasteiger partial charge in [0.15, 0.2) is 0 Å². The lowest BCUT2D eigenvalue weighted by Crippen LogP contribution is -2.44. The minimum absolute atomic E-state index is 0.147. The van der Waals surface area contributed by atoms with Gasteiger partial charge in [-0.2, -0.15) is 0 Å². The maximum Gasteiger partial charge on any atom is 0.290 e. The van der Waals surface area contributed by atoms with Gasteiger partial charge in [0, 0.05) is 6.42 Å². The van der Waals surface area contributed by atoms with Gasteiger partial charge in [-0.25, -0.2) is 0 Å². The highest BCUT2D eigenvalue weighted by molar-refractivity contribution is 5.32. The van der Waals surface area contributed by atoms with E-state index in [0.717, 1.165) is 11.1 Å². The molecule has 4 atom stereocenters. The fraction of sp³-hybridized carbons (Fsp3) is 0.500. The summed E-state index contributed by atoms with van der Waals surface area (Å²) in [4.78, 5) is 8.36. The molecule has 0 aliphatic carbocycles. The Morgan fingerprint density at radius 2 is 2.05 bits per heavy atom. The van der Waals surface area contributed by atoms with Crippen molar-refractivity contribution in [1.82, 2.24) is 0 Å². The van der Waals surface area contributed by atoms with Gasteiger partial charge in [0.2, 0.25) is 0 Å². The van der Waals surface area contributed by atoms with Crippen molar-refractivity contribution in [1.29, 1.82) is 0 Å². The van der Waals surface area contributed by atoms with E-state index in [-0.39, 0.29) is 19.5 Å². The molecule has 1 fully saturated rings. The summed E-state index contributed by atoms with van der Waals surface area (Å²) in [5, 5.41) is 35.7. The van der Waals surface area contributed by atoms with E-state index in [1.165, 1.54) is 0 Å². The smallest absolute Gasteiger partial charge is 0.290 e. The minimum atomic E-state index is -0.945. The van der Waals surface area contributed by atoms with E-state index < -0.39 is 24.4 Å². The Morgan fingerprint density at radius 3 is 2.60 bits per heavy atom. The molecule has 0 saturated carbocycles. The van der Waals surface area contributed by atoms with Gasteiger partial charge >= 0.3 is 0 Å². The number of carboxylic acid groups (broad SMARTS) is 1. The second kappa shape index (κ2) is 7.96. The van der Waals surface area contributed by atoms with Crippen LogP contribution in [0.25, 0.3) is 0 Å². The van der Waals surface area contributed by atoms with Gasteiger partial charge in [0.1, 0.15) is 12.2 Å². The summed E-state index contributed by atoms with van der Waals surface area (Å²) in [6.07, 6.45) is -2.53. The van der Waals surface area contributed by atoms with Crippen LogP contribution in [-0.2, 0) is 9.53 Å². The van der Waals surface area contributed by atoms with Crippen LogP contribution < -0.4 is 0 Å². The minimum Gasteiger partial charge on any atom is -0.483 e. The van der Waals surface area contributed by atoms with Crippen molar-refractivity contribution < 1.29 is 30.0 Å². The van der Waals surface area contributed by atoms with E-state index in [9.17, 15) is 10.2 Å². The van der Waals surface area contributed by atoms with Crippen molar-refractivity contribution in [3.63, 3.8) is 0 Å². The highest BCUT2D eigenvalue weighted by Crippen LogP contribution is 2.32. The van der Waals surface area contributed by atoms with Crippen molar-refractivity contribution in [2.24, 2.45) is 0 Å². The first-order chi connectivity index (χ1) is 9.53. The van der Waals surface area contributed by atoms with E-state index in [2.05, 4.69) is 0 Å². The van der Waals surface area contributed by atoms with Crippen LogP contribution in [0.15, 0.2) is 24.3 Å². The molecular formula is C14H20O6. The van der Waals surface area contributed by atoms with Gasteiger partial charge in [-0.3, -0.25) is 4.79 Å². The van der Waals surface area contributed by atoms with Crippen LogP contribution in [0.1, 0.15) is 23.7 Å². The van der Waals surface area contributed by atoms with E-state index >= 15 is 0 Å². The Labute approximate surface area is 117 Å². The van der Waals surface area contributed by atoms with Gasteiger partial charge < -0.3 is 25.2 Å². The Kier molecular flexibility index (Phi) is 6.60. The molecule has 1 saturated heterocycles. The Hall–Kier alpha value is -1.47. The predicted octanol–water partition coefficient (Wildman–Crippen LogP) is 0.240. The fourth-order valence-electron chi connectivity index (χ4n) is 2.19. The molecule has 6 nitrogen and oxygen atoms in total. The molecule has 0 radical (unpaired) electrons. The SMILES string of the molecule is Cc1cccc([C@H]2OC(CO)CC(O)C2O)c1.O=CO. The topological polar surface area (TPSA) is 107 Å². The molecule has 0 bridgehead atoms. The number of ether oxygens (including phenoxy) is 1. The Balaban J connectivity index is 0.000000612. The number of rotatable bonds is 2. The highest BCUT2D eigenvalue weighted by Gasteiger charge is 2.37. The first-order valence-electron chi connectivity index (χ1n) is 6.30. The molecule has 1 aromatic carbocycles. The second-order valence-electron chi connectivity index (χ2n) is 4.67. The predicted molar refractivity (Wildman–Crippen MR) is 71.2 cm³/mol.